The molecule has 118 valence electrons. The summed E-state index contributed by atoms with van der Waals surface area (Å²) in [4.78, 5) is 16.6. The molecule has 0 radical (unpaired) electrons. The second-order valence-electron chi connectivity index (χ2n) is 6.04. The van der Waals surface area contributed by atoms with E-state index in [1.54, 1.807) is 12.5 Å². The number of carbonyl (C=O) groups is 1. The summed E-state index contributed by atoms with van der Waals surface area (Å²) >= 11 is 0. The van der Waals surface area contributed by atoms with Gasteiger partial charge < -0.3 is 9.88 Å². The number of nitriles is 1. The Bertz CT molecular complexity index is 709. The lowest BCUT2D eigenvalue weighted by atomic mass is 9.74. The molecule has 1 aromatic heterocycles. The Kier molecular flexibility index (Phi) is 4.42. The molecule has 0 unspecified atom stereocenters. The molecule has 3 rings (SSSR count). The van der Waals surface area contributed by atoms with E-state index in [1.165, 1.54) is 0 Å². The molecule has 5 heteroatoms. The van der Waals surface area contributed by atoms with Gasteiger partial charge in [-0.3, -0.25) is 4.79 Å². The summed E-state index contributed by atoms with van der Waals surface area (Å²) in [6.45, 7) is 0.413. The summed E-state index contributed by atoms with van der Waals surface area (Å²) in [7, 11) is 0. The van der Waals surface area contributed by atoms with Crippen molar-refractivity contribution in [3.63, 3.8) is 0 Å². The van der Waals surface area contributed by atoms with Crippen molar-refractivity contribution in [1.29, 1.82) is 5.26 Å². The number of amides is 1. The van der Waals surface area contributed by atoms with Crippen LogP contribution in [0.4, 0.5) is 0 Å². The average molecular weight is 308 g/mol. The van der Waals surface area contributed by atoms with E-state index in [9.17, 15) is 10.1 Å². The van der Waals surface area contributed by atoms with Crippen molar-refractivity contribution in [2.75, 3.05) is 0 Å². The van der Waals surface area contributed by atoms with Crippen LogP contribution in [0, 0.1) is 16.7 Å². The Morgan fingerprint density at radius 2 is 2.09 bits per heavy atom. The van der Waals surface area contributed by atoms with Crippen LogP contribution in [0.1, 0.15) is 37.7 Å². The topological polar surface area (TPSA) is 70.7 Å². The fraction of sp³-hybridized carbons (Fsp3) is 0.389. The highest BCUT2D eigenvalue weighted by atomic mass is 16.2. The van der Waals surface area contributed by atoms with E-state index in [-0.39, 0.29) is 5.91 Å². The fourth-order valence-corrected chi connectivity index (χ4v) is 3.20. The maximum Gasteiger partial charge on any atom is 0.240 e. The molecular weight excluding hydrogens is 288 g/mol. The summed E-state index contributed by atoms with van der Waals surface area (Å²) in [5.41, 5.74) is 1.14. The lowest BCUT2D eigenvalue weighted by molar-refractivity contribution is -0.129. The van der Waals surface area contributed by atoms with Crippen molar-refractivity contribution in [3.8, 4) is 11.8 Å². The van der Waals surface area contributed by atoms with Gasteiger partial charge in [0.25, 0.3) is 0 Å². The molecule has 1 heterocycles. The number of carbonyl (C=O) groups excluding carboxylic acids is 1. The van der Waals surface area contributed by atoms with Gasteiger partial charge in [-0.05, 0) is 24.5 Å². The molecule has 1 fully saturated rings. The Balaban J connectivity index is 1.74. The lowest BCUT2D eigenvalue weighted by Crippen LogP contribution is -2.41. The first-order chi connectivity index (χ1) is 11.2. The first-order valence-electron chi connectivity index (χ1n) is 8.01. The van der Waals surface area contributed by atoms with E-state index in [0.717, 1.165) is 30.5 Å². The standard InChI is InChI=1S/C18H20N4O/c19-13-18(8-4-1-5-9-18)17(23)21-12-15-6-2-3-7-16(15)22-11-10-20-14-22/h2-3,6-7,10-11,14H,1,4-5,8-9,12H2,(H,21,23). The second kappa shape index (κ2) is 6.66. The Morgan fingerprint density at radius 1 is 1.30 bits per heavy atom. The molecule has 23 heavy (non-hydrogen) atoms. The number of aromatic nitrogens is 2. The molecule has 2 aromatic rings. The van der Waals surface area contributed by atoms with Crippen LogP contribution in [0.25, 0.3) is 5.69 Å². The summed E-state index contributed by atoms with van der Waals surface area (Å²) in [5.74, 6) is -0.139. The Morgan fingerprint density at radius 3 is 2.78 bits per heavy atom. The van der Waals surface area contributed by atoms with Gasteiger partial charge in [-0.25, -0.2) is 4.98 Å². The SMILES string of the molecule is N#CC1(C(=O)NCc2ccccc2-n2ccnc2)CCCCC1. The van der Waals surface area contributed by atoms with E-state index >= 15 is 0 Å². The van der Waals surface area contributed by atoms with Crippen LogP contribution in [-0.4, -0.2) is 15.5 Å². The quantitative estimate of drug-likeness (QED) is 0.944. The smallest absolute Gasteiger partial charge is 0.240 e. The summed E-state index contributed by atoms with van der Waals surface area (Å²) in [5, 5.41) is 12.5. The van der Waals surface area contributed by atoms with E-state index in [4.69, 9.17) is 0 Å². The fourth-order valence-electron chi connectivity index (χ4n) is 3.20. The predicted octanol–water partition coefficient (Wildman–Crippen LogP) is 2.96. The largest absolute Gasteiger partial charge is 0.351 e. The number of hydrogen-bond acceptors (Lipinski definition) is 3. The third-order valence-electron chi connectivity index (χ3n) is 4.57. The van der Waals surface area contributed by atoms with Gasteiger partial charge in [0.2, 0.25) is 5.91 Å². The van der Waals surface area contributed by atoms with E-state index in [0.29, 0.717) is 19.4 Å². The maximum absolute atomic E-state index is 12.6. The van der Waals surface area contributed by atoms with Crippen molar-refractivity contribution in [1.82, 2.24) is 14.9 Å². The number of hydrogen-bond donors (Lipinski definition) is 1. The van der Waals surface area contributed by atoms with Crippen LogP contribution in [0.5, 0.6) is 0 Å². The van der Waals surface area contributed by atoms with Crippen LogP contribution in [-0.2, 0) is 11.3 Å². The molecule has 0 saturated heterocycles. The van der Waals surface area contributed by atoms with Crippen LogP contribution < -0.4 is 5.32 Å². The number of nitrogens with zero attached hydrogens (tertiary/aromatic N) is 3. The third-order valence-corrected chi connectivity index (χ3v) is 4.57. The average Bonchev–Trinajstić information content (AvgIpc) is 3.15. The van der Waals surface area contributed by atoms with Gasteiger partial charge in [-0.2, -0.15) is 5.26 Å². The van der Waals surface area contributed by atoms with Crippen LogP contribution >= 0.6 is 0 Å². The van der Waals surface area contributed by atoms with E-state index in [2.05, 4.69) is 16.4 Å². The Labute approximate surface area is 136 Å². The van der Waals surface area contributed by atoms with Crippen molar-refractivity contribution < 1.29 is 4.79 Å². The Hall–Kier alpha value is -2.61. The van der Waals surface area contributed by atoms with Gasteiger partial charge in [0, 0.05) is 18.9 Å². The lowest BCUT2D eigenvalue weighted by Gasteiger charge is -2.29. The summed E-state index contributed by atoms with van der Waals surface area (Å²) in [6, 6.07) is 10.1. The minimum Gasteiger partial charge on any atom is -0.351 e. The summed E-state index contributed by atoms with van der Waals surface area (Å²) < 4.78 is 1.92. The first-order valence-corrected chi connectivity index (χ1v) is 8.01. The highest BCUT2D eigenvalue weighted by molar-refractivity contribution is 5.85. The van der Waals surface area contributed by atoms with Crippen LogP contribution in [0.15, 0.2) is 43.0 Å². The second-order valence-corrected chi connectivity index (χ2v) is 6.04. The van der Waals surface area contributed by atoms with E-state index < -0.39 is 5.41 Å². The minimum absolute atomic E-state index is 0.139. The number of para-hydroxylation sites is 1. The normalized spacial score (nSPS) is 16.5. The van der Waals surface area contributed by atoms with Crippen molar-refractivity contribution in [3.05, 3.63) is 48.5 Å². The van der Waals surface area contributed by atoms with E-state index in [1.807, 2.05) is 35.0 Å². The molecular formula is C18H20N4O. The van der Waals surface area contributed by atoms with Crippen molar-refractivity contribution in [2.24, 2.45) is 5.41 Å². The van der Waals surface area contributed by atoms with Crippen LogP contribution in [0.2, 0.25) is 0 Å². The summed E-state index contributed by atoms with van der Waals surface area (Å²) in [6.07, 6.45) is 9.68. The molecule has 1 amide bonds. The highest BCUT2D eigenvalue weighted by Gasteiger charge is 2.39. The number of imidazole rings is 1. The van der Waals surface area contributed by atoms with Gasteiger partial charge in [-0.15, -0.1) is 0 Å². The van der Waals surface area contributed by atoms with Gasteiger partial charge in [0.1, 0.15) is 5.41 Å². The van der Waals surface area contributed by atoms with Crippen molar-refractivity contribution in [2.45, 2.75) is 38.6 Å². The third kappa shape index (κ3) is 3.11. The molecule has 1 aliphatic rings. The van der Waals surface area contributed by atoms with Gasteiger partial charge in [0.05, 0.1) is 18.1 Å². The minimum atomic E-state index is -0.845. The molecule has 1 aromatic carbocycles. The molecule has 1 N–H and O–H groups in total. The van der Waals surface area contributed by atoms with Gasteiger partial charge in [0.15, 0.2) is 0 Å². The number of benzene rings is 1. The van der Waals surface area contributed by atoms with Crippen LogP contribution in [0.3, 0.4) is 0 Å². The van der Waals surface area contributed by atoms with Crippen molar-refractivity contribution >= 4 is 5.91 Å². The zero-order valence-electron chi connectivity index (χ0n) is 13.0. The molecule has 0 atom stereocenters. The first kappa shape index (κ1) is 15.3. The molecule has 0 bridgehead atoms. The zero-order valence-corrected chi connectivity index (χ0v) is 13.0. The maximum atomic E-state index is 12.6. The number of nitrogens with one attached hydrogen (secondary N) is 1. The molecule has 5 nitrogen and oxygen atoms in total. The highest BCUT2D eigenvalue weighted by Crippen LogP contribution is 2.35. The predicted molar refractivity (Wildman–Crippen MR) is 86.5 cm³/mol. The molecule has 1 saturated carbocycles. The van der Waals surface area contributed by atoms with Gasteiger partial charge >= 0.3 is 0 Å². The molecule has 1 aliphatic carbocycles. The molecule has 0 aliphatic heterocycles. The molecule has 0 spiro atoms. The zero-order chi connectivity index (χ0) is 16.1. The number of rotatable bonds is 4. The van der Waals surface area contributed by atoms with Gasteiger partial charge in [-0.1, -0.05) is 37.5 Å². The monoisotopic (exact) mass is 308 g/mol.